The van der Waals surface area contributed by atoms with Gasteiger partial charge in [-0.3, -0.25) is 0 Å². The van der Waals surface area contributed by atoms with Crippen molar-refractivity contribution in [2.45, 2.75) is 26.2 Å². The van der Waals surface area contributed by atoms with Gasteiger partial charge < -0.3 is 4.48 Å². The molecule has 0 bridgehead atoms. The van der Waals surface area contributed by atoms with Gasteiger partial charge in [0.1, 0.15) is 0 Å². The van der Waals surface area contributed by atoms with E-state index in [9.17, 15) is 0 Å². The third-order valence-corrected chi connectivity index (χ3v) is 3.20. The van der Waals surface area contributed by atoms with Gasteiger partial charge in [-0.15, -0.1) is 0 Å². The number of nitrogens with zero attached hydrogens (tertiary/aromatic N) is 1. The van der Waals surface area contributed by atoms with Crippen molar-refractivity contribution >= 4 is 11.6 Å². The van der Waals surface area contributed by atoms with Crippen LogP contribution in [0.1, 0.15) is 26.2 Å². The van der Waals surface area contributed by atoms with Crippen LogP contribution in [0.15, 0.2) is 0 Å². The van der Waals surface area contributed by atoms with Crippen molar-refractivity contribution < 1.29 is 4.48 Å². The highest BCUT2D eigenvalue weighted by atomic mass is 35.5. The van der Waals surface area contributed by atoms with E-state index in [1.54, 1.807) is 0 Å². The highest BCUT2D eigenvalue weighted by Gasteiger charge is 2.26. The molecule has 0 spiro atoms. The third-order valence-electron chi connectivity index (χ3n) is 2.69. The molecule has 1 fully saturated rings. The number of hydrogen-bond donors (Lipinski definition) is 0. The van der Waals surface area contributed by atoms with E-state index < -0.39 is 0 Å². The molecule has 1 saturated heterocycles. The highest BCUT2D eigenvalue weighted by molar-refractivity contribution is 6.16. The molecule has 0 aliphatic carbocycles. The van der Waals surface area contributed by atoms with E-state index in [0.29, 0.717) is 0 Å². The van der Waals surface area contributed by atoms with Gasteiger partial charge in [0.25, 0.3) is 0 Å². The highest BCUT2D eigenvalue weighted by Crippen LogP contribution is 2.18. The molecule has 0 aromatic carbocycles. The summed E-state index contributed by atoms with van der Waals surface area (Å²) in [6.07, 6.45) is 4.16. The van der Waals surface area contributed by atoms with Crippen LogP contribution >= 0.6 is 11.6 Å². The predicted octanol–water partition coefficient (Wildman–Crippen LogP) is 2.20. The molecule has 0 amide bonds. The van der Waals surface area contributed by atoms with Gasteiger partial charge in [0, 0.05) is 0 Å². The zero-order valence-corrected chi connectivity index (χ0v) is 7.53. The summed E-state index contributed by atoms with van der Waals surface area (Å²) in [6, 6.07) is 0.816. The molecule has 1 aliphatic heterocycles. The summed E-state index contributed by atoms with van der Waals surface area (Å²) in [7, 11) is 0. The van der Waals surface area contributed by atoms with E-state index in [-0.39, 0.29) is 0 Å². The molecular weight excluding hydrogens is 146 g/mol. The van der Waals surface area contributed by atoms with Gasteiger partial charge in [0.2, 0.25) is 0 Å². The lowest BCUT2D eigenvalue weighted by molar-refractivity contribution is -0.920. The Morgan fingerprint density at radius 2 is 1.80 bits per heavy atom. The van der Waals surface area contributed by atoms with Crippen molar-refractivity contribution in [3.8, 4) is 0 Å². The number of likely N-dealkylation sites (tertiary alicyclic amines) is 1. The summed E-state index contributed by atoms with van der Waals surface area (Å²) in [5.74, 6) is 0. The Morgan fingerprint density at radius 1 is 1.20 bits per heavy atom. The Balaban J connectivity index is 2.44. The number of hydrogen-bond acceptors (Lipinski definition) is 0. The maximum Gasteiger partial charge on any atom is 0.154 e. The molecule has 0 saturated carbocycles. The number of halogens is 1. The molecular formula is C8H17ClN+. The molecule has 0 aromatic heterocycles. The molecule has 2 heteroatoms. The Morgan fingerprint density at radius 3 is 2.10 bits per heavy atom. The van der Waals surface area contributed by atoms with Crippen LogP contribution in [0.3, 0.4) is 0 Å². The second-order valence-electron chi connectivity index (χ2n) is 3.29. The molecule has 60 valence electrons. The van der Waals surface area contributed by atoms with Crippen molar-refractivity contribution in [1.29, 1.82) is 0 Å². The van der Waals surface area contributed by atoms with Crippen molar-refractivity contribution in [1.82, 2.24) is 0 Å². The Bertz CT molecular complexity index is 91.4. The third kappa shape index (κ3) is 1.64. The fourth-order valence-electron chi connectivity index (χ4n) is 1.70. The largest absolute Gasteiger partial charge is 0.311 e. The molecule has 1 aliphatic rings. The SMILES string of the molecule is CC[N+]1(CCl)CCCCC1. The number of quaternary nitrogens is 1. The lowest BCUT2D eigenvalue weighted by Gasteiger charge is -2.38. The lowest BCUT2D eigenvalue weighted by atomic mass is 10.1. The monoisotopic (exact) mass is 162 g/mol. The maximum atomic E-state index is 5.91. The summed E-state index contributed by atoms with van der Waals surface area (Å²) in [4.78, 5) is 0. The summed E-state index contributed by atoms with van der Waals surface area (Å²) in [6.45, 7) is 6.07. The second-order valence-corrected chi connectivity index (χ2v) is 3.52. The van der Waals surface area contributed by atoms with Crippen molar-refractivity contribution in [3.05, 3.63) is 0 Å². The van der Waals surface area contributed by atoms with E-state index in [4.69, 9.17) is 11.6 Å². The van der Waals surface area contributed by atoms with Gasteiger partial charge >= 0.3 is 0 Å². The Labute approximate surface area is 68.6 Å². The van der Waals surface area contributed by atoms with E-state index in [0.717, 1.165) is 10.5 Å². The van der Waals surface area contributed by atoms with Gasteiger partial charge in [0.15, 0.2) is 6.00 Å². The van der Waals surface area contributed by atoms with Gasteiger partial charge in [-0.05, 0) is 26.2 Å². The quantitative estimate of drug-likeness (QED) is 0.332. The average molecular weight is 163 g/mol. The Hall–Kier alpha value is 0.250. The van der Waals surface area contributed by atoms with Crippen LogP contribution < -0.4 is 0 Å². The molecule has 0 unspecified atom stereocenters. The van der Waals surface area contributed by atoms with Crippen molar-refractivity contribution in [2.24, 2.45) is 0 Å². The molecule has 0 atom stereocenters. The van der Waals surface area contributed by atoms with Crippen LogP contribution in [0.5, 0.6) is 0 Å². The van der Waals surface area contributed by atoms with Gasteiger partial charge in [-0.25, -0.2) is 0 Å². The van der Waals surface area contributed by atoms with Crippen molar-refractivity contribution in [2.75, 3.05) is 25.6 Å². The minimum absolute atomic E-state index is 0.816. The summed E-state index contributed by atoms with van der Waals surface area (Å²) in [5, 5.41) is 0. The minimum atomic E-state index is 0.816. The standard InChI is InChI=1S/C8H17ClN/c1-2-10(8-9)6-4-3-5-7-10/h2-8H2,1H3/q+1. The fraction of sp³-hybridized carbons (Fsp3) is 1.00. The molecule has 1 rings (SSSR count). The lowest BCUT2D eigenvalue weighted by Crippen LogP contribution is -2.50. The molecule has 1 nitrogen and oxygen atoms in total. The first-order valence-electron chi connectivity index (χ1n) is 4.24. The van der Waals surface area contributed by atoms with Crippen LogP contribution in [0.4, 0.5) is 0 Å². The summed E-state index contributed by atoms with van der Waals surface area (Å²) < 4.78 is 1.15. The zero-order chi connectivity index (χ0) is 7.45. The average Bonchev–Trinajstić information content (AvgIpc) is 2.06. The maximum absolute atomic E-state index is 5.91. The topological polar surface area (TPSA) is 0 Å². The van der Waals surface area contributed by atoms with E-state index in [1.165, 1.54) is 38.9 Å². The minimum Gasteiger partial charge on any atom is -0.311 e. The molecule has 0 N–H and O–H groups in total. The summed E-state index contributed by atoms with van der Waals surface area (Å²) in [5.41, 5.74) is 0. The first kappa shape index (κ1) is 8.35. The zero-order valence-electron chi connectivity index (χ0n) is 6.77. The number of alkyl halides is 1. The van der Waals surface area contributed by atoms with Crippen molar-refractivity contribution in [3.63, 3.8) is 0 Å². The number of piperidine rings is 1. The van der Waals surface area contributed by atoms with Crippen LogP contribution in [0, 0.1) is 0 Å². The van der Waals surface area contributed by atoms with Crippen LogP contribution in [-0.4, -0.2) is 30.1 Å². The van der Waals surface area contributed by atoms with Crippen LogP contribution in [-0.2, 0) is 0 Å². The van der Waals surface area contributed by atoms with Crippen LogP contribution in [0.25, 0.3) is 0 Å². The normalized spacial score (nSPS) is 24.6. The van der Waals surface area contributed by atoms with E-state index in [1.807, 2.05) is 0 Å². The molecule has 0 aromatic rings. The first-order chi connectivity index (χ1) is 4.83. The summed E-state index contributed by atoms with van der Waals surface area (Å²) >= 11 is 5.91. The first-order valence-corrected chi connectivity index (χ1v) is 4.77. The van der Waals surface area contributed by atoms with E-state index >= 15 is 0 Å². The predicted molar refractivity (Wildman–Crippen MR) is 45.1 cm³/mol. The van der Waals surface area contributed by atoms with Crippen LogP contribution in [0.2, 0.25) is 0 Å². The Kier molecular flexibility index (Phi) is 2.99. The van der Waals surface area contributed by atoms with Gasteiger partial charge in [-0.1, -0.05) is 11.6 Å². The van der Waals surface area contributed by atoms with E-state index in [2.05, 4.69) is 6.92 Å². The molecule has 10 heavy (non-hydrogen) atoms. The molecule has 1 heterocycles. The smallest absolute Gasteiger partial charge is 0.154 e. The second kappa shape index (κ2) is 3.59. The van der Waals surface area contributed by atoms with Gasteiger partial charge in [0.05, 0.1) is 19.6 Å². The molecule has 0 radical (unpaired) electrons. The van der Waals surface area contributed by atoms with Gasteiger partial charge in [-0.2, -0.15) is 0 Å². The number of rotatable bonds is 2. The fourth-order valence-corrected chi connectivity index (χ4v) is 2.11.